The van der Waals surface area contributed by atoms with Gasteiger partial charge in [0, 0.05) is 32.3 Å². The summed E-state index contributed by atoms with van der Waals surface area (Å²) >= 11 is 0. The summed E-state index contributed by atoms with van der Waals surface area (Å²) in [4.78, 5) is 30.5. The summed E-state index contributed by atoms with van der Waals surface area (Å²) in [5.41, 5.74) is 2.07. The number of hydrogen-bond acceptors (Lipinski definition) is 6. The molecule has 4 heterocycles. The van der Waals surface area contributed by atoms with E-state index in [1.807, 2.05) is 0 Å². The van der Waals surface area contributed by atoms with E-state index >= 15 is 0 Å². The molecule has 0 saturated carbocycles. The summed E-state index contributed by atoms with van der Waals surface area (Å²) in [6, 6.07) is 11.1. The van der Waals surface area contributed by atoms with Crippen LogP contribution in [0.25, 0.3) is 0 Å². The van der Waals surface area contributed by atoms with Crippen LogP contribution < -0.4 is 9.64 Å². The quantitative estimate of drug-likeness (QED) is 0.644. The fourth-order valence-corrected chi connectivity index (χ4v) is 3.95. The molecule has 1 amide bonds. The molecular formula is C23H22FN5O2. The number of ether oxygens (including phenoxy) is 1. The molecule has 31 heavy (non-hydrogen) atoms. The molecule has 3 aromatic rings. The first-order chi connectivity index (χ1) is 15.2. The van der Waals surface area contributed by atoms with E-state index in [-0.39, 0.29) is 11.7 Å². The van der Waals surface area contributed by atoms with E-state index in [1.165, 1.54) is 12.1 Å². The van der Waals surface area contributed by atoms with Crippen LogP contribution in [0.1, 0.15) is 34.6 Å². The molecule has 0 radical (unpaired) electrons. The van der Waals surface area contributed by atoms with Crippen LogP contribution in [0.4, 0.5) is 10.3 Å². The van der Waals surface area contributed by atoms with Crippen LogP contribution in [0, 0.1) is 5.82 Å². The second kappa shape index (κ2) is 8.29. The van der Waals surface area contributed by atoms with E-state index in [2.05, 4.69) is 9.88 Å². The lowest BCUT2D eigenvalue weighted by molar-refractivity contribution is 0.0726. The standard InChI is InChI=1S/C23H22FN5O2/c24-16-6-8-17(9-7-16)31-21-18-15-29(22(30)20-5-1-2-11-25-20)14-10-19(18)26-23(27-21)28-12-3-4-13-28/h1-2,5-9,11H,3-4,10,12-15H2. The van der Waals surface area contributed by atoms with Gasteiger partial charge in [0.25, 0.3) is 5.91 Å². The number of carbonyl (C=O) groups excluding carboxylic acids is 1. The number of fused-ring (bicyclic) bond motifs is 1. The van der Waals surface area contributed by atoms with Gasteiger partial charge in [-0.2, -0.15) is 4.98 Å². The molecule has 2 aliphatic heterocycles. The predicted octanol–water partition coefficient (Wildman–Crippen LogP) is 3.60. The van der Waals surface area contributed by atoms with Gasteiger partial charge in [-0.05, 0) is 49.2 Å². The maximum absolute atomic E-state index is 13.3. The van der Waals surface area contributed by atoms with Crippen molar-refractivity contribution in [1.29, 1.82) is 0 Å². The average molecular weight is 419 g/mol. The Bertz CT molecular complexity index is 1090. The molecule has 2 aliphatic rings. The Hall–Kier alpha value is -3.55. The fraction of sp³-hybridized carbons (Fsp3) is 0.304. The number of aromatic nitrogens is 3. The molecule has 8 heteroatoms. The van der Waals surface area contributed by atoms with Crippen molar-refractivity contribution in [2.24, 2.45) is 0 Å². The second-order valence-electron chi connectivity index (χ2n) is 7.70. The van der Waals surface area contributed by atoms with Gasteiger partial charge in [-0.1, -0.05) is 6.07 Å². The van der Waals surface area contributed by atoms with Crippen LogP contribution >= 0.6 is 0 Å². The van der Waals surface area contributed by atoms with Crippen LogP contribution in [0.15, 0.2) is 48.7 Å². The fourth-order valence-electron chi connectivity index (χ4n) is 3.95. The van der Waals surface area contributed by atoms with Crippen LogP contribution in [0.5, 0.6) is 11.6 Å². The predicted molar refractivity (Wildman–Crippen MR) is 113 cm³/mol. The largest absolute Gasteiger partial charge is 0.438 e. The van der Waals surface area contributed by atoms with Gasteiger partial charge in [0.05, 0.1) is 17.8 Å². The average Bonchev–Trinajstić information content (AvgIpc) is 3.35. The number of anilines is 1. The highest BCUT2D eigenvalue weighted by atomic mass is 19.1. The monoisotopic (exact) mass is 419 g/mol. The van der Waals surface area contributed by atoms with Crippen LogP contribution in [-0.2, 0) is 13.0 Å². The van der Waals surface area contributed by atoms with Crippen LogP contribution in [0.2, 0.25) is 0 Å². The highest BCUT2D eigenvalue weighted by molar-refractivity contribution is 5.92. The van der Waals surface area contributed by atoms with Crippen molar-refractivity contribution in [3.05, 3.63) is 71.4 Å². The maximum atomic E-state index is 13.3. The van der Waals surface area contributed by atoms with Crippen molar-refractivity contribution in [2.45, 2.75) is 25.8 Å². The van der Waals surface area contributed by atoms with Crippen molar-refractivity contribution >= 4 is 11.9 Å². The second-order valence-corrected chi connectivity index (χ2v) is 7.70. The third-order valence-electron chi connectivity index (χ3n) is 5.60. The number of rotatable bonds is 4. The Morgan fingerprint density at radius 1 is 1.00 bits per heavy atom. The summed E-state index contributed by atoms with van der Waals surface area (Å²) in [6.45, 7) is 2.72. The lowest BCUT2D eigenvalue weighted by atomic mass is 10.1. The molecule has 0 bridgehead atoms. The van der Waals surface area contributed by atoms with E-state index < -0.39 is 0 Å². The van der Waals surface area contributed by atoms with Crippen LogP contribution in [0.3, 0.4) is 0 Å². The molecule has 2 aromatic heterocycles. The smallest absolute Gasteiger partial charge is 0.272 e. The third kappa shape index (κ3) is 4.05. The molecular weight excluding hydrogens is 397 g/mol. The Morgan fingerprint density at radius 2 is 1.81 bits per heavy atom. The molecule has 0 N–H and O–H groups in total. The van der Waals surface area contributed by atoms with E-state index in [9.17, 15) is 9.18 Å². The summed E-state index contributed by atoms with van der Waals surface area (Å²) < 4.78 is 19.4. The zero-order chi connectivity index (χ0) is 21.2. The van der Waals surface area contributed by atoms with Crippen molar-refractivity contribution in [3.8, 4) is 11.6 Å². The molecule has 1 saturated heterocycles. The minimum atomic E-state index is -0.332. The summed E-state index contributed by atoms with van der Waals surface area (Å²) in [7, 11) is 0. The number of amides is 1. The van der Waals surface area contributed by atoms with E-state index in [0.717, 1.165) is 37.2 Å². The first kappa shape index (κ1) is 19.4. The van der Waals surface area contributed by atoms with Crippen molar-refractivity contribution in [2.75, 3.05) is 24.5 Å². The van der Waals surface area contributed by atoms with Crippen molar-refractivity contribution in [1.82, 2.24) is 19.9 Å². The molecule has 1 aromatic carbocycles. The Morgan fingerprint density at radius 3 is 2.55 bits per heavy atom. The Labute approximate surface area is 179 Å². The maximum Gasteiger partial charge on any atom is 0.272 e. The van der Waals surface area contributed by atoms with Crippen LogP contribution in [-0.4, -0.2) is 45.4 Å². The third-order valence-corrected chi connectivity index (χ3v) is 5.60. The number of halogens is 1. The minimum Gasteiger partial charge on any atom is -0.438 e. The lowest BCUT2D eigenvalue weighted by Crippen LogP contribution is -2.37. The highest BCUT2D eigenvalue weighted by Crippen LogP contribution is 2.32. The topological polar surface area (TPSA) is 71.5 Å². The van der Waals surface area contributed by atoms with Gasteiger partial charge in [0.1, 0.15) is 17.3 Å². The number of pyridine rings is 1. The van der Waals surface area contributed by atoms with Crippen molar-refractivity contribution < 1.29 is 13.9 Å². The number of benzene rings is 1. The summed E-state index contributed by atoms with van der Waals surface area (Å²) in [5.74, 6) is 1.09. The lowest BCUT2D eigenvalue weighted by Gasteiger charge is -2.30. The SMILES string of the molecule is O=C(c1ccccn1)N1CCc2nc(N3CCCC3)nc(Oc3ccc(F)cc3)c2C1. The summed E-state index contributed by atoms with van der Waals surface area (Å²) in [6.07, 6.45) is 4.44. The molecule has 0 unspecified atom stereocenters. The van der Waals surface area contributed by atoms with Gasteiger partial charge < -0.3 is 14.5 Å². The van der Waals surface area contributed by atoms with Gasteiger partial charge >= 0.3 is 0 Å². The highest BCUT2D eigenvalue weighted by Gasteiger charge is 2.29. The van der Waals surface area contributed by atoms with Gasteiger partial charge in [-0.15, -0.1) is 0 Å². The minimum absolute atomic E-state index is 0.136. The first-order valence-corrected chi connectivity index (χ1v) is 10.5. The molecule has 158 valence electrons. The number of hydrogen-bond donors (Lipinski definition) is 0. The molecule has 0 spiro atoms. The van der Waals surface area contributed by atoms with Gasteiger partial charge in [0.15, 0.2) is 0 Å². The molecule has 5 rings (SSSR count). The zero-order valence-electron chi connectivity index (χ0n) is 17.0. The first-order valence-electron chi connectivity index (χ1n) is 10.5. The zero-order valence-corrected chi connectivity index (χ0v) is 17.0. The summed E-state index contributed by atoms with van der Waals surface area (Å²) in [5, 5.41) is 0. The Kier molecular flexibility index (Phi) is 5.19. The number of nitrogens with zero attached hydrogens (tertiary/aromatic N) is 5. The van der Waals surface area contributed by atoms with E-state index in [4.69, 9.17) is 14.7 Å². The molecule has 0 aliphatic carbocycles. The van der Waals surface area contributed by atoms with Crippen molar-refractivity contribution in [3.63, 3.8) is 0 Å². The van der Waals surface area contributed by atoms with E-state index in [1.54, 1.807) is 41.4 Å². The molecule has 0 atom stereocenters. The van der Waals surface area contributed by atoms with Gasteiger partial charge in [-0.25, -0.2) is 9.37 Å². The molecule has 7 nitrogen and oxygen atoms in total. The van der Waals surface area contributed by atoms with Gasteiger partial charge in [0.2, 0.25) is 11.8 Å². The van der Waals surface area contributed by atoms with E-state index in [0.29, 0.717) is 42.8 Å². The normalized spacial score (nSPS) is 15.6. The molecule has 1 fully saturated rings. The Balaban J connectivity index is 1.48. The van der Waals surface area contributed by atoms with Gasteiger partial charge in [-0.3, -0.25) is 9.78 Å². The number of carbonyl (C=O) groups is 1.